The second-order valence-electron chi connectivity index (χ2n) is 3.49. The maximum Gasteiger partial charge on any atom is 0.201 e. The largest absolute Gasteiger partial charge is 0.369 e. The van der Waals surface area contributed by atoms with Crippen LogP contribution < -0.4 is 5.73 Å². The molecule has 5 heteroatoms. The quantitative estimate of drug-likeness (QED) is 0.859. The topological polar surface area (TPSA) is 56.7 Å². The molecule has 0 aliphatic rings. The molecule has 4 nitrogen and oxygen atoms in total. The van der Waals surface area contributed by atoms with Crippen molar-refractivity contribution >= 4 is 28.7 Å². The number of nitrogens with two attached hydrogens (primary N) is 1. The van der Waals surface area contributed by atoms with Crippen LogP contribution in [0.25, 0.3) is 11.0 Å². The van der Waals surface area contributed by atoms with Crippen LogP contribution in [0.1, 0.15) is 6.92 Å². The highest BCUT2D eigenvalue weighted by molar-refractivity contribution is 7.99. The van der Waals surface area contributed by atoms with Crippen molar-refractivity contribution in [2.24, 2.45) is 0 Å². The lowest BCUT2D eigenvalue weighted by molar-refractivity contribution is 0.721. The Morgan fingerprint density at radius 3 is 3.13 bits per heavy atom. The van der Waals surface area contributed by atoms with Gasteiger partial charge in [-0.25, -0.2) is 4.98 Å². The van der Waals surface area contributed by atoms with Crippen LogP contribution in [-0.4, -0.2) is 26.0 Å². The zero-order valence-corrected chi connectivity index (χ0v) is 9.66. The standard InChI is InChI=1S/C10H14N4S/c1-7(15-2)6-14-9-3-4-12-5-8(9)13-10(14)11/h3-5,7H,6H2,1-2H3,(H2,11,13). The van der Waals surface area contributed by atoms with Crippen molar-refractivity contribution < 1.29 is 0 Å². The predicted molar refractivity (Wildman–Crippen MR) is 64.9 cm³/mol. The Balaban J connectivity index is 2.45. The van der Waals surface area contributed by atoms with Crippen LogP contribution in [0.5, 0.6) is 0 Å². The van der Waals surface area contributed by atoms with Crippen molar-refractivity contribution in [1.29, 1.82) is 0 Å². The molecule has 2 N–H and O–H groups in total. The first-order valence-electron chi connectivity index (χ1n) is 4.81. The highest BCUT2D eigenvalue weighted by atomic mass is 32.2. The molecule has 0 fully saturated rings. The number of rotatable bonds is 3. The van der Waals surface area contributed by atoms with E-state index in [1.807, 2.05) is 22.4 Å². The van der Waals surface area contributed by atoms with E-state index in [-0.39, 0.29) is 0 Å². The molecule has 0 saturated heterocycles. The Morgan fingerprint density at radius 1 is 1.60 bits per heavy atom. The SMILES string of the molecule is CSC(C)Cn1c(N)nc2cnccc21. The van der Waals surface area contributed by atoms with E-state index < -0.39 is 0 Å². The molecule has 2 rings (SSSR count). The Bertz CT molecular complexity index is 465. The maximum absolute atomic E-state index is 5.87. The van der Waals surface area contributed by atoms with Gasteiger partial charge >= 0.3 is 0 Å². The second-order valence-corrected chi connectivity index (χ2v) is 4.77. The minimum atomic E-state index is 0.526. The maximum atomic E-state index is 5.87. The van der Waals surface area contributed by atoms with Gasteiger partial charge in [0.15, 0.2) is 0 Å². The van der Waals surface area contributed by atoms with Crippen molar-refractivity contribution in [2.45, 2.75) is 18.7 Å². The van der Waals surface area contributed by atoms with Gasteiger partial charge < -0.3 is 10.3 Å². The highest BCUT2D eigenvalue weighted by Crippen LogP contribution is 2.19. The second kappa shape index (κ2) is 4.10. The Morgan fingerprint density at radius 2 is 2.40 bits per heavy atom. The number of aromatic nitrogens is 3. The fourth-order valence-corrected chi connectivity index (χ4v) is 1.82. The lowest BCUT2D eigenvalue weighted by Crippen LogP contribution is -2.11. The normalized spacial score (nSPS) is 13.2. The first-order chi connectivity index (χ1) is 7.22. The van der Waals surface area contributed by atoms with Gasteiger partial charge in [-0.05, 0) is 12.3 Å². The average Bonchev–Trinajstić information content (AvgIpc) is 2.55. The van der Waals surface area contributed by atoms with Gasteiger partial charge in [0.1, 0.15) is 5.52 Å². The van der Waals surface area contributed by atoms with Gasteiger partial charge in [0.2, 0.25) is 5.95 Å². The van der Waals surface area contributed by atoms with Gasteiger partial charge in [0, 0.05) is 18.0 Å². The highest BCUT2D eigenvalue weighted by Gasteiger charge is 2.10. The van der Waals surface area contributed by atoms with E-state index in [0.717, 1.165) is 17.6 Å². The molecule has 2 aromatic rings. The lowest BCUT2D eigenvalue weighted by Gasteiger charge is -2.11. The number of thioether (sulfide) groups is 1. The van der Waals surface area contributed by atoms with Crippen molar-refractivity contribution in [3.63, 3.8) is 0 Å². The van der Waals surface area contributed by atoms with E-state index in [2.05, 4.69) is 23.1 Å². The Hall–Kier alpha value is -1.23. The van der Waals surface area contributed by atoms with E-state index in [9.17, 15) is 0 Å². The summed E-state index contributed by atoms with van der Waals surface area (Å²) in [6, 6.07) is 1.95. The summed E-state index contributed by atoms with van der Waals surface area (Å²) >= 11 is 1.82. The molecule has 0 radical (unpaired) electrons. The Labute approximate surface area is 92.9 Å². The lowest BCUT2D eigenvalue weighted by atomic mass is 10.4. The van der Waals surface area contributed by atoms with E-state index in [1.54, 1.807) is 12.4 Å². The Kier molecular flexibility index (Phi) is 2.81. The summed E-state index contributed by atoms with van der Waals surface area (Å²) in [6.45, 7) is 3.06. The molecule has 0 saturated carbocycles. The van der Waals surface area contributed by atoms with Crippen LogP contribution in [-0.2, 0) is 6.54 Å². The molecule has 0 aliphatic carbocycles. The molecular formula is C10H14N4S. The number of anilines is 1. The molecule has 15 heavy (non-hydrogen) atoms. The molecule has 1 unspecified atom stereocenters. The van der Waals surface area contributed by atoms with E-state index >= 15 is 0 Å². The summed E-state index contributed by atoms with van der Waals surface area (Å²) < 4.78 is 2.04. The summed E-state index contributed by atoms with van der Waals surface area (Å²) in [4.78, 5) is 8.30. The minimum absolute atomic E-state index is 0.526. The van der Waals surface area contributed by atoms with Crippen molar-refractivity contribution in [3.05, 3.63) is 18.5 Å². The third kappa shape index (κ3) is 1.92. The predicted octanol–water partition coefficient (Wildman–Crippen LogP) is 1.76. The fourth-order valence-electron chi connectivity index (χ4n) is 1.52. The molecular weight excluding hydrogens is 208 g/mol. The van der Waals surface area contributed by atoms with Crippen LogP contribution in [0.2, 0.25) is 0 Å². The third-order valence-electron chi connectivity index (χ3n) is 2.42. The monoisotopic (exact) mass is 222 g/mol. The number of fused-ring (bicyclic) bond motifs is 1. The third-order valence-corrected chi connectivity index (χ3v) is 3.38. The summed E-state index contributed by atoms with van der Waals surface area (Å²) in [5.74, 6) is 0.568. The molecule has 0 amide bonds. The van der Waals surface area contributed by atoms with Crippen LogP contribution >= 0.6 is 11.8 Å². The first-order valence-corrected chi connectivity index (χ1v) is 6.09. The molecule has 2 aromatic heterocycles. The van der Waals surface area contributed by atoms with Gasteiger partial charge in [-0.1, -0.05) is 6.92 Å². The summed E-state index contributed by atoms with van der Waals surface area (Å²) in [6.07, 6.45) is 5.61. The minimum Gasteiger partial charge on any atom is -0.369 e. The molecule has 80 valence electrons. The van der Waals surface area contributed by atoms with Crippen molar-refractivity contribution in [1.82, 2.24) is 14.5 Å². The van der Waals surface area contributed by atoms with Gasteiger partial charge in [-0.15, -0.1) is 0 Å². The zero-order chi connectivity index (χ0) is 10.8. The van der Waals surface area contributed by atoms with Crippen LogP contribution in [0.3, 0.4) is 0 Å². The van der Waals surface area contributed by atoms with Crippen LogP contribution in [0, 0.1) is 0 Å². The van der Waals surface area contributed by atoms with Gasteiger partial charge in [0.05, 0.1) is 11.7 Å². The summed E-state index contributed by atoms with van der Waals surface area (Å²) in [5, 5.41) is 0.526. The van der Waals surface area contributed by atoms with E-state index in [4.69, 9.17) is 5.73 Å². The molecule has 2 heterocycles. The summed E-state index contributed by atoms with van der Waals surface area (Å²) in [5.41, 5.74) is 7.79. The number of nitrogens with zero attached hydrogens (tertiary/aromatic N) is 3. The van der Waals surface area contributed by atoms with E-state index in [0.29, 0.717) is 11.2 Å². The molecule has 1 atom stereocenters. The molecule has 0 bridgehead atoms. The van der Waals surface area contributed by atoms with Crippen LogP contribution in [0.15, 0.2) is 18.5 Å². The fraction of sp³-hybridized carbons (Fsp3) is 0.400. The number of nitrogen functional groups attached to an aromatic ring is 1. The number of pyridine rings is 1. The van der Waals surface area contributed by atoms with Gasteiger partial charge in [0.25, 0.3) is 0 Å². The number of imidazole rings is 1. The van der Waals surface area contributed by atoms with Crippen molar-refractivity contribution in [3.8, 4) is 0 Å². The summed E-state index contributed by atoms with van der Waals surface area (Å²) in [7, 11) is 0. The van der Waals surface area contributed by atoms with Gasteiger partial charge in [-0.3, -0.25) is 4.98 Å². The van der Waals surface area contributed by atoms with Crippen LogP contribution in [0.4, 0.5) is 5.95 Å². The molecule has 0 aliphatic heterocycles. The average molecular weight is 222 g/mol. The number of hydrogen-bond acceptors (Lipinski definition) is 4. The molecule has 0 aromatic carbocycles. The smallest absolute Gasteiger partial charge is 0.201 e. The first kappa shape index (κ1) is 10.3. The zero-order valence-electron chi connectivity index (χ0n) is 8.84. The van der Waals surface area contributed by atoms with Crippen molar-refractivity contribution in [2.75, 3.05) is 12.0 Å². The van der Waals surface area contributed by atoms with E-state index in [1.165, 1.54) is 0 Å². The number of hydrogen-bond donors (Lipinski definition) is 1. The molecule has 0 spiro atoms. The van der Waals surface area contributed by atoms with Gasteiger partial charge in [-0.2, -0.15) is 11.8 Å².